The lowest BCUT2D eigenvalue weighted by atomic mass is 9.92. The molecule has 1 aliphatic rings. The molecule has 0 aliphatic carbocycles. The van der Waals surface area contributed by atoms with Crippen LogP contribution in [0, 0.1) is 5.82 Å². The fourth-order valence-electron chi connectivity index (χ4n) is 6.98. The molecular formula is C41H59FN8OS. The van der Waals surface area contributed by atoms with Crippen LogP contribution in [0.5, 0.6) is 0 Å². The third-order valence-corrected chi connectivity index (χ3v) is 11.4. The summed E-state index contributed by atoms with van der Waals surface area (Å²) in [5.41, 5.74) is 2.66. The van der Waals surface area contributed by atoms with Gasteiger partial charge in [0.15, 0.2) is 10.9 Å². The van der Waals surface area contributed by atoms with Crippen LogP contribution in [0.2, 0.25) is 0 Å². The number of anilines is 3. The Balaban J connectivity index is 1.20. The van der Waals surface area contributed by atoms with Crippen molar-refractivity contribution in [2.24, 2.45) is 0 Å². The van der Waals surface area contributed by atoms with Gasteiger partial charge in [0.1, 0.15) is 11.5 Å². The Kier molecular flexibility index (Phi) is 15.2. The first-order valence-electron chi connectivity index (χ1n) is 19.6. The predicted octanol–water partition coefficient (Wildman–Crippen LogP) is 9.82. The molecule has 0 spiro atoms. The molecular weight excluding hydrogens is 672 g/mol. The SMILES string of the molecule is CCCCCCCCCCCCCCC(C(=O)N1CCN(C(C)C)CC1)c1ccc(Nc2ncc(F)c(-c3ccc4nc(N(C)C)sc4c3)n2)nc1. The summed E-state index contributed by atoms with van der Waals surface area (Å²) in [4.78, 5) is 38.5. The second kappa shape index (κ2) is 19.9. The predicted molar refractivity (Wildman–Crippen MR) is 214 cm³/mol. The summed E-state index contributed by atoms with van der Waals surface area (Å²) in [5.74, 6) is 0.271. The first kappa shape index (κ1) is 39.5. The number of hydrogen-bond acceptors (Lipinski definition) is 9. The lowest BCUT2D eigenvalue weighted by Gasteiger charge is -2.38. The number of thiazole rings is 1. The number of fused-ring (bicyclic) bond motifs is 1. The van der Waals surface area contributed by atoms with Gasteiger partial charge >= 0.3 is 0 Å². The highest BCUT2D eigenvalue weighted by molar-refractivity contribution is 7.22. The quantitative estimate of drug-likeness (QED) is 0.0900. The van der Waals surface area contributed by atoms with Crippen molar-refractivity contribution < 1.29 is 9.18 Å². The molecule has 1 fully saturated rings. The Bertz CT molecular complexity index is 1690. The fraction of sp³-hybridized carbons (Fsp3) is 0.585. The van der Waals surface area contributed by atoms with Crippen LogP contribution in [0.15, 0.2) is 42.7 Å². The standard InChI is InChI=1S/C41H59FN8OS/c1-6-7-8-9-10-11-12-13-14-15-16-17-18-33(39(51)50-25-23-49(24-26-50)30(2)3)32-20-22-37(43-28-32)46-40-44-29-34(42)38(47-40)31-19-21-35-36(27-31)52-41(45-35)48(4)5/h19-22,27-30,33H,6-18,23-26H2,1-5H3,(H,43,44,46,47). The smallest absolute Gasteiger partial charge is 0.230 e. The van der Waals surface area contributed by atoms with Crippen molar-refractivity contribution in [3.63, 3.8) is 0 Å². The molecule has 1 aromatic carbocycles. The number of nitrogens with zero attached hydrogens (tertiary/aromatic N) is 7. The number of carbonyl (C=O) groups excluding carboxylic acids is 1. The normalized spacial score (nSPS) is 14.3. The first-order valence-corrected chi connectivity index (χ1v) is 20.4. The molecule has 4 aromatic rings. The Morgan fingerprint density at radius 1 is 0.865 bits per heavy atom. The minimum atomic E-state index is -0.501. The van der Waals surface area contributed by atoms with Gasteiger partial charge in [0, 0.05) is 58.1 Å². The van der Waals surface area contributed by atoms with Crippen LogP contribution in [0.3, 0.4) is 0 Å². The maximum absolute atomic E-state index is 15.0. The molecule has 282 valence electrons. The van der Waals surface area contributed by atoms with Crippen LogP contribution in [-0.2, 0) is 4.79 Å². The Morgan fingerprint density at radius 3 is 2.15 bits per heavy atom. The van der Waals surface area contributed by atoms with Gasteiger partial charge in [-0.15, -0.1) is 0 Å². The summed E-state index contributed by atoms with van der Waals surface area (Å²) >= 11 is 1.55. The second-order valence-corrected chi connectivity index (χ2v) is 15.8. The van der Waals surface area contributed by atoms with Gasteiger partial charge in [0.2, 0.25) is 11.9 Å². The first-order chi connectivity index (χ1) is 25.2. The third kappa shape index (κ3) is 11.2. The molecule has 0 radical (unpaired) electrons. The number of benzene rings is 1. The van der Waals surface area contributed by atoms with E-state index in [-0.39, 0.29) is 23.5 Å². The molecule has 4 heterocycles. The van der Waals surface area contributed by atoms with Crippen LogP contribution >= 0.6 is 11.3 Å². The fourth-order valence-corrected chi connectivity index (χ4v) is 7.91. The van der Waals surface area contributed by atoms with Gasteiger partial charge in [-0.05, 0) is 44.0 Å². The topological polar surface area (TPSA) is 90.4 Å². The van der Waals surface area contributed by atoms with Crippen molar-refractivity contribution in [1.82, 2.24) is 29.7 Å². The number of amides is 1. The van der Waals surface area contributed by atoms with E-state index in [1.807, 2.05) is 49.3 Å². The Hall–Kier alpha value is -3.70. The molecule has 11 heteroatoms. The summed E-state index contributed by atoms with van der Waals surface area (Å²) in [6.07, 6.45) is 19.3. The summed E-state index contributed by atoms with van der Waals surface area (Å²) in [5, 5.41) is 4.04. The third-order valence-electron chi connectivity index (χ3n) is 10.2. The maximum atomic E-state index is 15.0. The lowest BCUT2D eigenvalue weighted by Crippen LogP contribution is -2.51. The lowest BCUT2D eigenvalue weighted by molar-refractivity contribution is -0.135. The summed E-state index contributed by atoms with van der Waals surface area (Å²) < 4.78 is 16.0. The van der Waals surface area contributed by atoms with E-state index in [0.717, 1.165) is 66.4 Å². The molecule has 52 heavy (non-hydrogen) atoms. The van der Waals surface area contributed by atoms with E-state index in [0.29, 0.717) is 17.4 Å². The zero-order chi connectivity index (χ0) is 36.9. The Labute approximate surface area is 314 Å². The van der Waals surface area contributed by atoms with E-state index in [1.54, 1.807) is 17.5 Å². The molecule has 3 aromatic heterocycles. The van der Waals surface area contributed by atoms with Crippen LogP contribution in [-0.4, -0.2) is 82.0 Å². The Morgan fingerprint density at radius 2 is 1.54 bits per heavy atom. The number of halogens is 1. The van der Waals surface area contributed by atoms with Crippen molar-refractivity contribution in [2.45, 2.75) is 116 Å². The van der Waals surface area contributed by atoms with E-state index >= 15 is 0 Å². The average molecular weight is 731 g/mol. The molecule has 1 aliphatic heterocycles. The number of nitrogens with one attached hydrogen (secondary N) is 1. The van der Waals surface area contributed by atoms with Crippen LogP contribution in [0.25, 0.3) is 21.5 Å². The van der Waals surface area contributed by atoms with E-state index in [2.05, 4.69) is 55.8 Å². The monoisotopic (exact) mass is 730 g/mol. The number of piperazine rings is 1. The second-order valence-electron chi connectivity index (χ2n) is 14.8. The highest BCUT2D eigenvalue weighted by atomic mass is 32.1. The molecule has 1 amide bonds. The van der Waals surface area contributed by atoms with E-state index < -0.39 is 5.82 Å². The van der Waals surface area contributed by atoms with Crippen molar-refractivity contribution in [3.8, 4) is 11.3 Å². The highest BCUT2D eigenvalue weighted by Gasteiger charge is 2.29. The van der Waals surface area contributed by atoms with Crippen molar-refractivity contribution >= 4 is 44.4 Å². The van der Waals surface area contributed by atoms with Gasteiger partial charge in [0.25, 0.3) is 0 Å². The molecule has 1 atom stereocenters. The average Bonchev–Trinajstić information content (AvgIpc) is 3.59. The molecule has 1 N–H and O–H groups in total. The van der Waals surface area contributed by atoms with Crippen LogP contribution in [0.1, 0.15) is 116 Å². The van der Waals surface area contributed by atoms with E-state index in [1.165, 1.54) is 70.4 Å². The molecule has 1 unspecified atom stereocenters. The number of rotatable bonds is 20. The van der Waals surface area contributed by atoms with Gasteiger partial charge in [-0.2, -0.15) is 0 Å². The van der Waals surface area contributed by atoms with Crippen LogP contribution < -0.4 is 10.2 Å². The summed E-state index contributed by atoms with van der Waals surface area (Å²) in [6.45, 7) is 10.0. The highest BCUT2D eigenvalue weighted by Crippen LogP contribution is 2.32. The molecule has 9 nitrogen and oxygen atoms in total. The number of carbonyl (C=O) groups is 1. The molecule has 0 bridgehead atoms. The van der Waals surface area contributed by atoms with Gasteiger partial charge < -0.3 is 15.1 Å². The number of unbranched alkanes of at least 4 members (excludes halogenated alkanes) is 11. The van der Waals surface area contributed by atoms with Crippen molar-refractivity contribution in [2.75, 3.05) is 50.5 Å². The maximum Gasteiger partial charge on any atom is 0.230 e. The van der Waals surface area contributed by atoms with Gasteiger partial charge in [-0.3, -0.25) is 9.69 Å². The van der Waals surface area contributed by atoms with Crippen LogP contribution in [0.4, 0.5) is 21.3 Å². The largest absolute Gasteiger partial charge is 0.354 e. The van der Waals surface area contributed by atoms with Gasteiger partial charge in [-0.1, -0.05) is 107 Å². The minimum Gasteiger partial charge on any atom is -0.354 e. The summed E-state index contributed by atoms with van der Waals surface area (Å²) in [6, 6.07) is 9.99. The van der Waals surface area contributed by atoms with Gasteiger partial charge in [-0.25, -0.2) is 24.3 Å². The van der Waals surface area contributed by atoms with Crippen molar-refractivity contribution in [1.29, 1.82) is 0 Å². The number of pyridine rings is 1. The van der Waals surface area contributed by atoms with Crippen molar-refractivity contribution in [3.05, 3.63) is 54.1 Å². The zero-order valence-electron chi connectivity index (χ0n) is 32.0. The summed E-state index contributed by atoms with van der Waals surface area (Å²) in [7, 11) is 3.91. The minimum absolute atomic E-state index is 0.205. The molecule has 0 saturated carbocycles. The number of aromatic nitrogens is 4. The zero-order valence-corrected chi connectivity index (χ0v) is 32.9. The number of hydrogen-bond donors (Lipinski definition) is 1. The van der Waals surface area contributed by atoms with E-state index in [9.17, 15) is 9.18 Å². The molecule has 5 rings (SSSR count). The van der Waals surface area contributed by atoms with Gasteiger partial charge in [0.05, 0.1) is 22.3 Å². The van der Waals surface area contributed by atoms with E-state index in [4.69, 9.17) is 0 Å². The molecule has 1 saturated heterocycles.